The van der Waals surface area contributed by atoms with Gasteiger partial charge in [-0.1, -0.05) is 24.3 Å². The summed E-state index contributed by atoms with van der Waals surface area (Å²) in [6.45, 7) is 4.14. The molecule has 2 aromatic rings. The number of carboxylic acid groups (broad SMARTS) is 1. The standard InChI is InChI=1S/C19H21NO4/c1-11-15(8-9-24-3)20(12(2)18(11)19(22)23)16-10-17(21)14-7-5-4-6-13(14)16/h4-7,10,17,21H,8-9H2,1-3H3,(H,22,23). The second kappa shape index (κ2) is 6.26. The molecule has 1 heterocycles. The molecule has 1 aromatic heterocycles. The van der Waals surface area contributed by atoms with Crippen LogP contribution in [0, 0.1) is 13.8 Å². The lowest BCUT2D eigenvalue weighted by Gasteiger charge is -2.15. The maximum Gasteiger partial charge on any atom is 0.337 e. The van der Waals surface area contributed by atoms with Crippen molar-refractivity contribution in [2.45, 2.75) is 26.4 Å². The van der Waals surface area contributed by atoms with E-state index < -0.39 is 12.1 Å². The minimum absolute atomic E-state index is 0.320. The van der Waals surface area contributed by atoms with Gasteiger partial charge in [0.05, 0.1) is 17.9 Å². The van der Waals surface area contributed by atoms with E-state index in [0.29, 0.717) is 24.3 Å². The van der Waals surface area contributed by atoms with Crippen LogP contribution in [0.25, 0.3) is 5.70 Å². The zero-order valence-electron chi connectivity index (χ0n) is 14.0. The first-order chi connectivity index (χ1) is 11.5. The monoisotopic (exact) mass is 327 g/mol. The molecule has 0 saturated heterocycles. The molecular formula is C19H21NO4. The Balaban J connectivity index is 2.23. The Morgan fingerprint density at radius 3 is 2.67 bits per heavy atom. The van der Waals surface area contributed by atoms with Crippen LogP contribution >= 0.6 is 0 Å². The molecule has 0 radical (unpaired) electrons. The van der Waals surface area contributed by atoms with E-state index in [1.165, 1.54) is 0 Å². The van der Waals surface area contributed by atoms with Crippen LogP contribution in [0.5, 0.6) is 0 Å². The first-order valence-corrected chi connectivity index (χ1v) is 7.90. The number of benzene rings is 1. The number of nitrogens with zero attached hydrogens (tertiary/aromatic N) is 1. The maximum atomic E-state index is 11.7. The van der Waals surface area contributed by atoms with Gasteiger partial charge in [0, 0.05) is 30.5 Å². The summed E-state index contributed by atoms with van der Waals surface area (Å²) in [5.41, 5.74) is 5.24. The van der Waals surface area contributed by atoms with Crippen LogP contribution in [-0.4, -0.2) is 34.5 Å². The highest BCUT2D eigenvalue weighted by molar-refractivity contribution is 5.92. The van der Waals surface area contributed by atoms with E-state index in [-0.39, 0.29) is 0 Å². The van der Waals surface area contributed by atoms with E-state index in [2.05, 4.69) is 0 Å². The zero-order valence-corrected chi connectivity index (χ0v) is 14.0. The maximum absolute atomic E-state index is 11.7. The van der Waals surface area contributed by atoms with Crippen LogP contribution in [0.2, 0.25) is 0 Å². The average molecular weight is 327 g/mol. The molecule has 3 rings (SSSR count). The second-order valence-electron chi connectivity index (χ2n) is 6.00. The fourth-order valence-corrected chi connectivity index (χ4v) is 3.55. The van der Waals surface area contributed by atoms with Crippen molar-refractivity contribution in [1.82, 2.24) is 4.57 Å². The number of aromatic nitrogens is 1. The fourth-order valence-electron chi connectivity index (χ4n) is 3.55. The molecule has 5 heteroatoms. The van der Waals surface area contributed by atoms with Crippen LogP contribution in [0.15, 0.2) is 30.3 Å². The average Bonchev–Trinajstić information content (AvgIpc) is 3.00. The lowest BCUT2D eigenvalue weighted by atomic mass is 10.1. The summed E-state index contributed by atoms with van der Waals surface area (Å²) >= 11 is 0. The summed E-state index contributed by atoms with van der Waals surface area (Å²) in [4.78, 5) is 11.7. The first-order valence-electron chi connectivity index (χ1n) is 7.90. The molecule has 0 spiro atoms. The number of aliphatic hydroxyl groups excluding tert-OH is 1. The lowest BCUT2D eigenvalue weighted by molar-refractivity contribution is 0.0695. The van der Waals surface area contributed by atoms with E-state index in [9.17, 15) is 15.0 Å². The number of rotatable bonds is 5. The number of fused-ring (bicyclic) bond motifs is 1. The molecule has 0 fully saturated rings. The van der Waals surface area contributed by atoms with E-state index in [1.807, 2.05) is 35.8 Å². The summed E-state index contributed by atoms with van der Waals surface area (Å²) in [5.74, 6) is -0.935. The van der Waals surface area contributed by atoms with Crippen molar-refractivity contribution in [3.8, 4) is 0 Å². The van der Waals surface area contributed by atoms with Crippen molar-refractivity contribution in [1.29, 1.82) is 0 Å². The number of aromatic carboxylic acids is 1. The van der Waals surface area contributed by atoms with Crippen LogP contribution in [0.3, 0.4) is 0 Å². The van der Waals surface area contributed by atoms with Gasteiger partial charge in [-0.05, 0) is 31.1 Å². The molecule has 2 N–H and O–H groups in total. The van der Waals surface area contributed by atoms with Gasteiger partial charge in [0.25, 0.3) is 0 Å². The molecule has 1 aromatic carbocycles. The second-order valence-corrected chi connectivity index (χ2v) is 6.00. The van der Waals surface area contributed by atoms with Gasteiger partial charge in [-0.2, -0.15) is 0 Å². The number of aliphatic hydroxyl groups is 1. The highest BCUT2D eigenvalue weighted by Crippen LogP contribution is 2.38. The van der Waals surface area contributed by atoms with E-state index >= 15 is 0 Å². The van der Waals surface area contributed by atoms with Crippen molar-refractivity contribution in [2.24, 2.45) is 0 Å². The molecule has 0 amide bonds. The van der Waals surface area contributed by atoms with Gasteiger partial charge in [-0.25, -0.2) is 4.79 Å². The lowest BCUT2D eigenvalue weighted by Crippen LogP contribution is -2.08. The topological polar surface area (TPSA) is 71.7 Å². The van der Waals surface area contributed by atoms with E-state index in [0.717, 1.165) is 28.1 Å². The van der Waals surface area contributed by atoms with Gasteiger partial charge >= 0.3 is 5.97 Å². The third-order valence-corrected chi connectivity index (χ3v) is 4.64. The summed E-state index contributed by atoms with van der Waals surface area (Å²) in [7, 11) is 1.63. The highest BCUT2D eigenvalue weighted by Gasteiger charge is 2.28. The Hall–Kier alpha value is -2.37. The fraction of sp³-hybridized carbons (Fsp3) is 0.316. The van der Waals surface area contributed by atoms with Crippen molar-refractivity contribution in [3.05, 3.63) is 64.0 Å². The van der Waals surface area contributed by atoms with Gasteiger partial charge in [0.1, 0.15) is 6.10 Å². The number of hydrogen-bond acceptors (Lipinski definition) is 3. The van der Waals surface area contributed by atoms with Crippen LogP contribution in [0.4, 0.5) is 0 Å². The molecule has 1 aliphatic carbocycles. The van der Waals surface area contributed by atoms with E-state index in [4.69, 9.17) is 4.74 Å². The highest BCUT2D eigenvalue weighted by atomic mass is 16.5. The Bertz CT molecular complexity index is 832. The van der Waals surface area contributed by atoms with Gasteiger partial charge in [-0.3, -0.25) is 0 Å². The Morgan fingerprint density at radius 1 is 1.29 bits per heavy atom. The number of ether oxygens (including phenoxy) is 1. The first kappa shape index (κ1) is 16.5. The summed E-state index contributed by atoms with van der Waals surface area (Å²) in [5, 5.41) is 19.9. The molecular weight excluding hydrogens is 306 g/mol. The molecule has 0 bridgehead atoms. The van der Waals surface area contributed by atoms with Gasteiger partial charge in [0.2, 0.25) is 0 Å². The molecule has 0 saturated carbocycles. The molecule has 1 aliphatic rings. The van der Waals surface area contributed by atoms with Crippen LogP contribution in [0.1, 0.15) is 44.5 Å². The van der Waals surface area contributed by atoms with Crippen LogP contribution in [-0.2, 0) is 11.2 Å². The van der Waals surface area contributed by atoms with Crippen LogP contribution < -0.4 is 0 Å². The predicted octanol–water partition coefficient (Wildman–Crippen LogP) is 2.93. The summed E-state index contributed by atoms with van der Waals surface area (Å²) in [6.07, 6.45) is 1.70. The quantitative estimate of drug-likeness (QED) is 0.886. The minimum atomic E-state index is -0.935. The molecule has 1 unspecified atom stereocenters. The number of carboxylic acids is 1. The molecule has 5 nitrogen and oxygen atoms in total. The predicted molar refractivity (Wildman–Crippen MR) is 91.2 cm³/mol. The molecule has 24 heavy (non-hydrogen) atoms. The number of carbonyl (C=O) groups is 1. The number of methoxy groups -OCH3 is 1. The van der Waals surface area contributed by atoms with Crippen molar-refractivity contribution >= 4 is 11.7 Å². The molecule has 0 aliphatic heterocycles. The Morgan fingerprint density at radius 2 is 2.00 bits per heavy atom. The van der Waals surface area contributed by atoms with Crippen molar-refractivity contribution in [3.63, 3.8) is 0 Å². The SMILES string of the molecule is COCCc1c(C)c(C(=O)O)c(C)n1C1=CC(O)c2ccccc21. The third-order valence-electron chi connectivity index (χ3n) is 4.64. The van der Waals surface area contributed by atoms with E-state index in [1.54, 1.807) is 20.1 Å². The Labute approximate surface area is 140 Å². The summed E-state index contributed by atoms with van der Waals surface area (Å²) < 4.78 is 7.14. The van der Waals surface area contributed by atoms with Gasteiger partial charge < -0.3 is 19.5 Å². The largest absolute Gasteiger partial charge is 0.478 e. The number of hydrogen-bond donors (Lipinski definition) is 2. The molecule has 126 valence electrons. The summed E-state index contributed by atoms with van der Waals surface area (Å²) in [6, 6.07) is 7.65. The third kappa shape index (κ3) is 2.46. The minimum Gasteiger partial charge on any atom is -0.478 e. The smallest absolute Gasteiger partial charge is 0.337 e. The Kier molecular flexibility index (Phi) is 4.30. The van der Waals surface area contributed by atoms with Crippen molar-refractivity contribution in [2.75, 3.05) is 13.7 Å². The van der Waals surface area contributed by atoms with Crippen molar-refractivity contribution < 1.29 is 19.7 Å². The zero-order chi connectivity index (χ0) is 17.4. The van der Waals surface area contributed by atoms with Gasteiger partial charge in [-0.15, -0.1) is 0 Å². The van der Waals surface area contributed by atoms with Gasteiger partial charge in [0.15, 0.2) is 0 Å². The molecule has 1 atom stereocenters. The normalized spacial score (nSPS) is 16.2.